The monoisotopic (exact) mass is 500 g/mol. The van der Waals surface area contributed by atoms with E-state index in [0.29, 0.717) is 36.0 Å². The highest BCUT2D eigenvalue weighted by atomic mass is 16.5. The molecule has 6 rings (SSSR count). The van der Waals surface area contributed by atoms with Gasteiger partial charge in [-0.25, -0.2) is 9.97 Å². The van der Waals surface area contributed by atoms with E-state index in [-0.39, 0.29) is 5.91 Å². The normalized spacial score (nSPS) is 17.4. The Morgan fingerprint density at radius 1 is 0.919 bits per heavy atom. The standard InChI is InChI=1S/C29H36N6O2/c30-25-19-21-8-10-24(25)26-12-14-32-29(34-26)33-23-9-11-27(35-15-5-3-6-16-35)22(18-23)20-37-17-7-2-1-4-13-31-28(21)36/h8-12,14,18-19H,1-7,13,15-17,20,30H2,(H,31,36)(H,32,33,34). The number of ether oxygens (including phenoxy) is 1. The Kier molecular flexibility index (Phi) is 8.15. The van der Waals surface area contributed by atoms with Crippen molar-refractivity contribution in [3.05, 3.63) is 59.8 Å². The zero-order valence-corrected chi connectivity index (χ0v) is 21.3. The first kappa shape index (κ1) is 25.0. The molecule has 0 spiro atoms. The molecule has 3 aliphatic heterocycles. The summed E-state index contributed by atoms with van der Waals surface area (Å²) >= 11 is 0. The predicted octanol–water partition coefficient (Wildman–Crippen LogP) is 5.28. The fourth-order valence-electron chi connectivity index (χ4n) is 5.03. The topological polar surface area (TPSA) is 105 Å². The number of carbonyl (C=O) groups excluding carboxylic acids is 1. The smallest absolute Gasteiger partial charge is 0.251 e. The van der Waals surface area contributed by atoms with Gasteiger partial charge in [-0.2, -0.15) is 0 Å². The molecule has 3 aromatic rings. The zero-order valence-electron chi connectivity index (χ0n) is 21.3. The fourth-order valence-corrected chi connectivity index (χ4v) is 5.03. The zero-order chi connectivity index (χ0) is 25.5. The van der Waals surface area contributed by atoms with Crippen LogP contribution >= 0.6 is 0 Å². The molecule has 0 aliphatic carbocycles. The number of hydrogen-bond acceptors (Lipinski definition) is 7. The molecule has 2 aromatic carbocycles. The second kappa shape index (κ2) is 12.1. The molecular weight excluding hydrogens is 464 g/mol. The Morgan fingerprint density at radius 3 is 2.62 bits per heavy atom. The highest BCUT2D eigenvalue weighted by molar-refractivity contribution is 5.96. The summed E-state index contributed by atoms with van der Waals surface area (Å²) in [6.45, 7) is 4.11. The van der Waals surface area contributed by atoms with Gasteiger partial charge in [0.2, 0.25) is 5.95 Å². The van der Waals surface area contributed by atoms with Crippen LogP contribution in [-0.2, 0) is 11.3 Å². The van der Waals surface area contributed by atoms with Gasteiger partial charge in [-0.3, -0.25) is 4.79 Å². The van der Waals surface area contributed by atoms with Gasteiger partial charge in [-0.05, 0) is 74.6 Å². The molecule has 6 bridgehead atoms. The van der Waals surface area contributed by atoms with E-state index < -0.39 is 0 Å². The van der Waals surface area contributed by atoms with Crippen LogP contribution in [-0.4, -0.2) is 42.1 Å². The minimum absolute atomic E-state index is 0.110. The number of fused-ring (bicyclic) bond motifs is 11. The molecule has 0 atom stereocenters. The molecule has 1 saturated heterocycles. The van der Waals surface area contributed by atoms with Crippen molar-refractivity contribution in [2.24, 2.45) is 0 Å². The van der Waals surface area contributed by atoms with Crippen LogP contribution in [0.1, 0.15) is 60.9 Å². The minimum atomic E-state index is -0.110. The second-order valence-corrected chi connectivity index (χ2v) is 9.81. The van der Waals surface area contributed by atoms with Crippen LogP contribution in [0.3, 0.4) is 0 Å². The van der Waals surface area contributed by atoms with Gasteiger partial charge in [0.25, 0.3) is 5.91 Å². The highest BCUT2D eigenvalue weighted by Crippen LogP contribution is 2.30. The largest absolute Gasteiger partial charge is 0.398 e. The number of carbonyl (C=O) groups is 1. The van der Waals surface area contributed by atoms with E-state index in [1.54, 1.807) is 18.3 Å². The van der Waals surface area contributed by atoms with Gasteiger partial charge in [0.05, 0.1) is 12.3 Å². The summed E-state index contributed by atoms with van der Waals surface area (Å²) in [5.74, 6) is 0.378. The van der Waals surface area contributed by atoms with E-state index >= 15 is 0 Å². The Labute approximate surface area is 218 Å². The molecule has 0 radical (unpaired) electrons. The van der Waals surface area contributed by atoms with Crippen LogP contribution in [0.2, 0.25) is 0 Å². The third-order valence-corrected chi connectivity index (χ3v) is 7.04. The fraction of sp³-hybridized carbons (Fsp3) is 0.414. The molecule has 0 unspecified atom stereocenters. The molecule has 1 fully saturated rings. The summed E-state index contributed by atoms with van der Waals surface area (Å²) in [5.41, 5.74) is 12.2. The molecule has 194 valence electrons. The summed E-state index contributed by atoms with van der Waals surface area (Å²) in [7, 11) is 0. The summed E-state index contributed by atoms with van der Waals surface area (Å²) in [5, 5.41) is 6.36. The summed E-state index contributed by atoms with van der Waals surface area (Å²) in [6, 6.07) is 13.6. The van der Waals surface area contributed by atoms with E-state index in [1.807, 2.05) is 12.1 Å². The van der Waals surface area contributed by atoms with E-state index in [2.05, 4.69) is 38.7 Å². The number of aromatic nitrogens is 2. The lowest BCUT2D eigenvalue weighted by molar-refractivity contribution is 0.0952. The van der Waals surface area contributed by atoms with Crippen LogP contribution in [0, 0.1) is 0 Å². The summed E-state index contributed by atoms with van der Waals surface area (Å²) in [6.07, 6.45) is 9.54. The van der Waals surface area contributed by atoms with Gasteiger partial charge >= 0.3 is 0 Å². The third kappa shape index (κ3) is 6.38. The Bertz CT molecular complexity index is 1220. The first-order valence-corrected chi connectivity index (χ1v) is 13.4. The number of hydrogen-bond donors (Lipinski definition) is 3. The number of benzene rings is 2. The van der Waals surface area contributed by atoms with Crippen LogP contribution in [0.15, 0.2) is 48.7 Å². The van der Waals surface area contributed by atoms with Crippen molar-refractivity contribution in [1.29, 1.82) is 0 Å². The SMILES string of the molecule is Nc1cc2ccc1-c1ccnc(n1)Nc1ccc(N3CCCCC3)c(c1)COCCCCCCNC2=O. The van der Waals surface area contributed by atoms with Crippen LogP contribution < -0.4 is 21.3 Å². The lowest BCUT2D eigenvalue weighted by atomic mass is 10.1. The van der Waals surface area contributed by atoms with E-state index in [9.17, 15) is 4.79 Å². The average Bonchev–Trinajstić information content (AvgIpc) is 2.92. The number of nitrogen functional groups attached to an aromatic ring is 1. The van der Waals surface area contributed by atoms with Crippen molar-refractivity contribution in [2.45, 2.75) is 51.6 Å². The highest BCUT2D eigenvalue weighted by Gasteiger charge is 2.16. The molecule has 0 saturated carbocycles. The van der Waals surface area contributed by atoms with Gasteiger partial charge in [-0.1, -0.05) is 12.8 Å². The molecule has 1 aromatic heterocycles. The number of nitrogens with zero attached hydrogens (tertiary/aromatic N) is 3. The van der Waals surface area contributed by atoms with E-state index in [1.165, 1.54) is 30.5 Å². The van der Waals surface area contributed by atoms with Crippen LogP contribution in [0.5, 0.6) is 0 Å². The van der Waals surface area contributed by atoms with Crippen molar-refractivity contribution in [3.8, 4) is 11.3 Å². The molecule has 4 heterocycles. The maximum absolute atomic E-state index is 12.6. The van der Waals surface area contributed by atoms with Crippen molar-refractivity contribution in [2.75, 3.05) is 42.2 Å². The van der Waals surface area contributed by atoms with Gasteiger partial charge in [-0.15, -0.1) is 0 Å². The molecule has 4 N–H and O–H groups in total. The van der Waals surface area contributed by atoms with Gasteiger partial charge in [0, 0.05) is 66.2 Å². The van der Waals surface area contributed by atoms with E-state index in [4.69, 9.17) is 15.5 Å². The van der Waals surface area contributed by atoms with Crippen LogP contribution in [0.25, 0.3) is 11.3 Å². The number of nitrogens with one attached hydrogen (secondary N) is 2. The number of piperidine rings is 1. The Hall–Kier alpha value is -3.65. The third-order valence-electron chi connectivity index (χ3n) is 7.04. The van der Waals surface area contributed by atoms with Gasteiger partial charge < -0.3 is 26.0 Å². The van der Waals surface area contributed by atoms with Crippen LogP contribution in [0.4, 0.5) is 23.0 Å². The molecule has 8 heteroatoms. The molecule has 3 aliphatic rings. The average molecular weight is 501 g/mol. The summed E-state index contributed by atoms with van der Waals surface area (Å²) < 4.78 is 6.12. The lowest BCUT2D eigenvalue weighted by Crippen LogP contribution is -2.30. The first-order chi connectivity index (χ1) is 18.2. The van der Waals surface area contributed by atoms with Crippen molar-refractivity contribution >= 4 is 28.9 Å². The first-order valence-electron chi connectivity index (χ1n) is 13.4. The quantitative estimate of drug-likeness (QED) is 0.390. The Morgan fingerprint density at radius 2 is 1.76 bits per heavy atom. The van der Waals surface area contributed by atoms with Crippen molar-refractivity contribution in [1.82, 2.24) is 15.3 Å². The molecule has 8 nitrogen and oxygen atoms in total. The molecule has 37 heavy (non-hydrogen) atoms. The Balaban J connectivity index is 1.44. The van der Waals surface area contributed by atoms with Gasteiger partial charge in [0.1, 0.15) is 0 Å². The molecular formula is C29H36N6O2. The van der Waals surface area contributed by atoms with Crippen molar-refractivity contribution < 1.29 is 9.53 Å². The van der Waals surface area contributed by atoms with Gasteiger partial charge in [0.15, 0.2) is 0 Å². The van der Waals surface area contributed by atoms with E-state index in [0.717, 1.165) is 56.6 Å². The van der Waals surface area contributed by atoms with Crippen molar-refractivity contribution in [3.63, 3.8) is 0 Å². The molecule has 1 amide bonds. The summed E-state index contributed by atoms with van der Waals surface area (Å²) in [4.78, 5) is 24.2. The predicted molar refractivity (Wildman–Crippen MR) is 148 cm³/mol. The number of nitrogens with two attached hydrogens (primary N) is 1. The number of rotatable bonds is 1. The lowest BCUT2D eigenvalue weighted by Gasteiger charge is -2.31. The number of anilines is 4. The number of amides is 1. The minimum Gasteiger partial charge on any atom is -0.398 e. The second-order valence-electron chi connectivity index (χ2n) is 9.81. The maximum atomic E-state index is 12.6. The maximum Gasteiger partial charge on any atom is 0.251 e.